The number of aryl methyl sites for hydroxylation is 2. The summed E-state index contributed by atoms with van der Waals surface area (Å²) in [6.45, 7) is 5.03. The van der Waals surface area contributed by atoms with Crippen molar-refractivity contribution in [2.45, 2.75) is 42.9 Å². The first-order valence-corrected chi connectivity index (χ1v) is 23.7. The second-order valence-corrected chi connectivity index (χ2v) is 19.7. The Bertz CT molecular complexity index is 3600. The summed E-state index contributed by atoms with van der Waals surface area (Å²) in [6, 6.07) is 81.3. The highest BCUT2D eigenvalue weighted by atomic mass is 15.2. The van der Waals surface area contributed by atoms with Crippen LogP contribution >= 0.6 is 0 Å². The Kier molecular flexibility index (Phi) is 7.06. The Labute approximate surface area is 386 Å². The van der Waals surface area contributed by atoms with E-state index in [-0.39, 0.29) is 5.41 Å². The standard InChI is InChI=1S/C65H45N/c1-63(2)61-46(24-17-31-57(61)66-55-29-15-13-27-51(55)64(42-18-5-3-6-19-42,43-20-7-4-8-21-43)52-28-14-16-30-56(52)66)47-37-39-54-60(62(47)63)48-36-34-40-32-33-41-35-38-53(59(48)58(40)41)65(54)49-25-11-9-22-44(49)45-23-10-12-26-50(45)65/h3-31,34-39H,32-33H2,1-2H3. The van der Waals surface area contributed by atoms with E-state index in [1.807, 2.05) is 0 Å². The van der Waals surface area contributed by atoms with Gasteiger partial charge in [-0.3, -0.25) is 0 Å². The minimum absolute atomic E-state index is 0.372. The van der Waals surface area contributed by atoms with Gasteiger partial charge in [-0.05, 0) is 142 Å². The van der Waals surface area contributed by atoms with Crippen LogP contribution in [0.15, 0.2) is 212 Å². The van der Waals surface area contributed by atoms with Gasteiger partial charge in [0.15, 0.2) is 0 Å². The zero-order valence-corrected chi connectivity index (χ0v) is 37.1. The Hall–Kier alpha value is -7.74. The van der Waals surface area contributed by atoms with E-state index < -0.39 is 10.8 Å². The van der Waals surface area contributed by atoms with Crippen molar-refractivity contribution >= 4 is 27.8 Å². The molecule has 0 unspecified atom stereocenters. The zero-order chi connectivity index (χ0) is 43.5. The van der Waals surface area contributed by atoms with Crippen LogP contribution in [0.4, 0.5) is 17.1 Å². The molecular formula is C65H45N. The van der Waals surface area contributed by atoms with E-state index in [1.54, 1.807) is 0 Å². The van der Waals surface area contributed by atoms with Crippen molar-refractivity contribution in [3.05, 3.63) is 279 Å². The number of fused-ring (bicyclic) bond motifs is 15. The van der Waals surface area contributed by atoms with Gasteiger partial charge in [0.1, 0.15) is 0 Å². The molecule has 0 fully saturated rings. The van der Waals surface area contributed by atoms with Crippen LogP contribution in [0.1, 0.15) is 80.6 Å². The Morgan fingerprint density at radius 3 is 1.41 bits per heavy atom. The maximum Gasteiger partial charge on any atom is 0.0742 e. The maximum atomic E-state index is 2.61. The Morgan fingerprint density at radius 1 is 0.318 bits per heavy atom. The van der Waals surface area contributed by atoms with E-state index in [0.717, 1.165) is 12.8 Å². The summed E-state index contributed by atoms with van der Waals surface area (Å²) in [4.78, 5) is 2.61. The van der Waals surface area contributed by atoms with Gasteiger partial charge in [0.2, 0.25) is 0 Å². The van der Waals surface area contributed by atoms with Crippen molar-refractivity contribution in [1.29, 1.82) is 0 Å². The molecular weight excluding hydrogens is 795 g/mol. The molecule has 310 valence electrons. The lowest BCUT2D eigenvalue weighted by atomic mass is 9.59. The van der Waals surface area contributed by atoms with E-state index in [9.17, 15) is 0 Å². The minimum atomic E-state index is -0.530. The molecule has 0 amide bonds. The predicted octanol–water partition coefficient (Wildman–Crippen LogP) is 15.8. The number of para-hydroxylation sites is 2. The molecule has 4 aliphatic carbocycles. The SMILES string of the molecule is CC1(C)c2c(cccc2N2c3ccccc3C(c3ccccc3)(c3ccccc3)c3ccccc32)-c2ccc3c(c21)-c1ccc2c4c(ccc(c14)C31c3ccccc3-c3ccccc31)CC2. The van der Waals surface area contributed by atoms with Crippen LogP contribution in [-0.2, 0) is 29.1 Å². The normalized spacial score (nSPS) is 16.2. The van der Waals surface area contributed by atoms with Crippen molar-refractivity contribution in [2.24, 2.45) is 0 Å². The summed E-state index contributed by atoms with van der Waals surface area (Å²) >= 11 is 0. The summed E-state index contributed by atoms with van der Waals surface area (Å²) in [6.07, 6.45) is 2.20. The van der Waals surface area contributed by atoms with Crippen LogP contribution in [0.3, 0.4) is 0 Å². The summed E-state index contributed by atoms with van der Waals surface area (Å²) in [5, 5.41) is 2.95. The van der Waals surface area contributed by atoms with Crippen molar-refractivity contribution < 1.29 is 0 Å². The Morgan fingerprint density at radius 2 is 0.788 bits per heavy atom. The third kappa shape index (κ3) is 4.20. The van der Waals surface area contributed by atoms with E-state index in [2.05, 4.69) is 231 Å². The van der Waals surface area contributed by atoms with Gasteiger partial charge in [0, 0.05) is 5.41 Å². The van der Waals surface area contributed by atoms with E-state index in [0.29, 0.717) is 0 Å². The molecule has 10 aromatic rings. The quantitative estimate of drug-likeness (QED) is 0.171. The fraction of sp³-hybridized carbons (Fsp3) is 0.108. The summed E-state index contributed by atoms with van der Waals surface area (Å²) in [5.41, 5.74) is 27.0. The lowest BCUT2D eigenvalue weighted by Gasteiger charge is -2.47. The van der Waals surface area contributed by atoms with Crippen molar-refractivity contribution in [2.75, 3.05) is 4.90 Å². The molecule has 1 heterocycles. The summed E-state index contributed by atoms with van der Waals surface area (Å²) in [5.74, 6) is 0. The largest absolute Gasteiger partial charge is 0.309 e. The fourth-order valence-corrected chi connectivity index (χ4v) is 14.3. The number of nitrogens with zero attached hydrogens (tertiary/aromatic N) is 1. The smallest absolute Gasteiger partial charge is 0.0742 e. The molecule has 10 aromatic carbocycles. The van der Waals surface area contributed by atoms with Crippen LogP contribution in [0.2, 0.25) is 0 Å². The third-order valence-electron chi connectivity index (χ3n) is 16.6. The lowest BCUT2D eigenvalue weighted by molar-refractivity contribution is 0.656. The van der Waals surface area contributed by atoms with E-state index >= 15 is 0 Å². The molecule has 1 aliphatic heterocycles. The van der Waals surface area contributed by atoms with Gasteiger partial charge in [0.25, 0.3) is 0 Å². The number of hydrogen-bond donors (Lipinski definition) is 0. The molecule has 66 heavy (non-hydrogen) atoms. The van der Waals surface area contributed by atoms with Gasteiger partial charge in [-0.2, -0.15) is 0 Å². The highest BCUT2D eigenvalue weighted by Gasteiger charge is 2.54. The number of hydrogen-bond acceptors (Lipinski definition) is 1. The molecule has 0 saturated carbocycles. The van der Waals surface area contributed by atoms with Crippen LogP contribution in [0.25, 0.3) is 44.2 Å². The molecule has 1 nitrogen and oxygen atoms in total. The van der Waals surface area contributed by atoms with Gasteiger partial charge >= 0.3 is 0 Å². The van der Waals surface area contributed by atoms with Crippen LogP contribution in [-0.4, -0.2) is 0 Å². The average Bonchev–Trinajstić information content (AvgIpc) is 4.01. The van der Waals surface area contributed by atoms with Crippen molar-refractivity contribution in [3.63, 3.8) is 0 Å². The molecule has 0 aromatic heterocycles. The lowest BCUT2D eigenvalue weighted by Crippen LogP contribution is -2.38. The molecule has 1 spiro atoms. The first-order chi connectivity index (χ1) is 32.5. The molecule has 15 rings (SSSR count). The van der Waals surface area contributed by atoms with Gasteiger partial charge in [0.05, 0.1) is 27.9 Å². The van der Waals surface area contributed by atoms with Gasteiger partial charge in [-0.15, -0.1) is 0 Å². The first-order valence-electron chi connectivity index (χ1n) is 23.7. The highest BCUT2D eigenvalue weighted by Crippen LogP contribution is 2.67. The van der Waals surface area contributed by atoms with E-state index in [1.165, 1.54) is 128 Å². The molecule has 0 radical (unpaired) electrons. The molecule has 5 aliphatic rings. The topological polar surface area (TPSA) is 3.24 Å². The zero-order valence-electron chi connectivity index (χ0n) is 37.1. The van der Waals surface area contributed by atoms with E-state index in [4.69, 9.17) is 0 Å². The third-order valence-corrected chi connectivity index (χ3v) is 16.6. The Balaban J connectivity index is 1.03. The summed E-state index contributed by atoms with van der Waals surface area (Å²) < 4.78 is 0. The number of rotatable bonds is 3. The van der Waals surface area contributed by atoms with Crippen LogP contribution in [0.5, 0.6) is 0 Å². The second-order valence-electron chi connectivity index (χ2n) is 19.7. The molecule has 1 heteroatoms. The average molecular weight is 840 g/mol. The number of anilines is 3. The monoisotopic (exact) mass is 839 g/mol. The number of benzene rings is 10. The van der Waals surface area contributed by atoms with Gasteiger partial charge in [-0.1, -0.05) is 208 Å². The second kappa shape index (κ2) is 12.7. The summed E-state index contributed by atoms with van der Waals surface area (Å²) in [7, 11) is 0. The maximum absolute atomic E-state index is 2.61. The van der Waals surface area contributed by atoms with Crippen LogP contribution < -0.4 is 4.90 Å². The fourth-order valence-electron chi connectivity index (χ4n) is 14.3. The molecule has 0 bridgehead atoms. The molecule has 0 N–H and O–H groups in total. The first kappa shape index (κ1) is 36.6. The van der Waals surface area contributed by atoms with Gasteiger partial charge < -0.3 is 4.90 Å². The van der Waals surface area contributed by atoms with Crippen molar-refractivity contribution in [3.8, 4) is 33.4 Å². The van der Waals surface area contributed by atoms with Crippen LogP contribution in [0, 0.1) is 0 Å². The predicted molar refractivity (Wildman–Crippen MR) is 272 cm³/mol. The molecule has 0 atom stereocenters. The minimum Gasteiger partial charge on any atom is -0.309 e. The van der Waals surface area contributed by atoms with Gasteiger partial charge in [-0.25, -0.2) is 0 Å². The highest BCUT2D eigenvalue weighted by molar-refractivity contribution is 6.12. The molecule has 0 saturated heterocycles. The van der Waals surface area contributed by atoms with Crippen molar-refractivity contribution in [1.82, 2.24) is 0 Å².